The van der Waals surface area contributed by atoms with E-state index in [-0.39, 0.29) is 11.8 Å². The first-order valence-electron chi connectivity index (χ1n) is 13.5. The van der Waals surface area contributed by atoms with Gasteiger partial charge in [0, 0.05) is 0 Å². The van der Waals surface area contributed by atoms with Gasteiger partial charge < -0.3 is 0 Å². The molecule has 0 atom stereocenters. The first-order chi connectivity index (χ1) is 18.3. The van der Waals surface area contributed by atoms with E-state index in [9.17, 15) is 9.59 Å². The Hall–Kier alpha value is -2.59. The van der Waals surface area contributed by atoms with E-state index < -0.39 is 0 Å². The van der Waals surface area contributed by atoms with Crippen LogP contribution in [-0.2, 0) is 35.7 Å². The molecule has 2 rings (SSSR count). The summed E-state index contributed by atoms with van der Waals surface area (Å²) in [5, 5.41) is 0. The van der Waals surface area contributed by atoms with Crippen LogP contribution >= 0.6 is 0 Å². The molecule has 0 N–H and O–H groups in total. The summed E-state index contributed by atoms with van der Waals surface area (Å²) < 4.78 is 1.10. The Kier molecular flexibility index (Phi) is 19.9. The molecule has 2 aromatic carbocycles. The molecule has 0 unspecified atom stereocenters. The molecule has 0 fully saturated rings. The zero-order valence-corrected chi connectivity index (χ0v) is 30.2. The fraction of sp³-hybridized carbons (Fsp3) is 0.364. The number of nitrogens with zero attached hydrogens (tertiary/aromatic N) is 2. The van der Waals surface area contributed by atoms with Crippen molar-refractivity contribution in [3.63, 3.8) is 0 Å². The second-order valence-corrected chi connectivity index (χ2v) is 10.9. The predicted molar refractivity (Wildman–Crippen MR) is 159 cm³/mol. The number of carbonyl (C=O) groups is 2. The van der Waals surface area contributed by atoms with Gasteiger partial charge in [0.15, 0.2) is 5.78 Å². The zero-order valence-electron chi connectivity index (χ0n) is 24.7. The maximum atomic E-state index is 11.5. The molecule has 4 nitrogen and oxygen atoms in total. The number of aldehydes is 1. The van der Waals surface area contributed by atoms with E-state index in [0.29, 0.717) is 26.1 Å². The van der Waals surface area contributed by atoms with Crippen molar-refractivity contribution in [1.29, 1.82) is 0 Å². The van der Waals surface area contributed by atoms with Crippen LogP contribution in [0, 0.1) is 0 Å². The van der Waals surface area contributed by atoms with Gasteiger partial charge in [-0.05, 0) is 26.3 Å². The van der Waals surface area contributed by atoms with E-state index in [1.54, 1.807) is 6.92 Å². The number of carbonyl (C=O) groups excluding carboxylic acids is 2. The quantitative estimate of drug-likeness (QED) is 0.0625. The number of ketones is 1. The Balaban J connectivity index is 0.00000105. The molecule has 0 heterocycles. The van der Waals surface area contributed by atoms with Crippen molar-refractivity contribution in [2.75, 3.05) is 7.05 Å². The molecule has 0 spiro atoms. The summed E-state index contributed by atoms with van der Waals surface area (Å²) in [5.74, 6) is 0.133. The van der Waals surface area contributed by atoms with Gasteiger partial charge in [-0.1, -0.05) is 32.1 Å². The minimum absolute atomic E-state index is 0.118. The topological polar surface area (TPSA) is 49.7 Å². The molecule has 201 valence electrons. The summed E-state index contributed by atoms with van der Waals surface area (Å²) in [4.78, 5) is 29.3. The van der Waals surface area contributed by atoms with Crippen LogP contribution in [0.1, 0.15) is 84.9 Å². The Bertz CT molecular complexity index is 1030. The van der Waals surface area contributed by atoms with Crippen LogP contribution in [0.25, 0.3) is 0 Å². The van der Waals surface area contributed by atoms with Gasteiger partial charge in [-0.15, -0.1) is 0 Å². The Morgan fingerprint density at radius 3 is 1.84 bits per heavy atom. The van der Waals surface area contributed by atoms with Crippen molar-refractivity contribution >= 4 is 15.4 Å². The van der Waals surface area contributed by atoms with Gasteiger partial charge >= 0.3 is 180 Å². The maximum absolute atomic E-state index is 11.5. The van der Waals surface area contributed by atoms with Crippen molar-refractivity contribution in [3.8, 4) is 0 Å². The average molecular weight is 702 g/mol. The van der Waals surface area contributed by atoms with Crippen LogP contribution in [0.2, 0.25) is 0 Å². The van der Waals surface area contributed by atoms with Gasteiger partial charge in [-0.2, -0.15) is 0 Å². The van der Waals surface area contributed by atoms with E-state index in [2.05, 4.69) is 74.3 Å². The Morgan fingerprint density at radius 1 is 0.974 bits per heavy atom. The first kappa shape index (κ1) is 35.4. The number of Topliss-reactive ketones (excluding diaryl/α,β-unsaturated/α-hetero) is 1. The molecule has 0 bridgehead atoms. The van der Waals surface area contributed by atoms with Crippen LogP contribution in [0.5, 0.6) is 0 Å². The molecule has 0 aliphatic rings. The molecule has 0 radical (unpaired) electrons. The van der Waals surface area contributed by atoms with Crippen molar-refractivity contribution in [1.82, 2.24) is 4.90 Å². The average Bonchev–Trinajstić information content (AvgIpc) is 2.96. The fourth-order valence-electron chi connectivity index (χ4n) is 3.57. The molecule has 38 heavy (non-hydrogen) atoms. The van der Waals surface area contributed by atoms with Crippen LogP contribution in [0.3, 0.4) is 0 Å². The monoisotopic (exact) mass is 703 g/mol. The molecule has 0 saturated carbocycles. The second kappa shape index (κ2) is 21.4. The number of benzene rings is 2. The number of allylic oxidation sites excluding steroid dienone is 6. The normalized spacial score (nSPS) is 12.2. The minimum atomic E-state index is 0.118. The number of rotatable bonds is 10. The van der Waals surface area contributed by atoms with E-state index >= 15 is 0 Å². The van der Waals surface area contributed by atoms with Gasteiger partial charge in [0.25, 0.3) is 0 Å². The van der Waals surface area contributed by atoms with Gasteiger partial charge in [-0.25, -0.2) is 0 Å². The van der Waals surface area contributed by atoms with Gasteiger partial charge in [0.2, 0.25) is 0 Å². The molecular weight excluding hydrogens is 657 g/mol. The molecule has 0 amide bonds. The summed E-state index contributed by atoms with van der Waals surface area (Å²) in [7, 11) is 2.12. The molecule has 0 aliphatic carbocycles. The third-order valence-electron chi connectivity index (χ3n) is 5.75. The van der Waals surface area contributed by atoms with Gasteiger partial charge in [0.05, 0.1) is 0 Å². The van der Waals surface area contributed by atoms with Crippen molar-refractivity contribution < 1.29 is 35.7 Å². The molecule has 2 aromatic rings. The summed E-state index contributed by atoms with van der Waals surface area (Å²) in [6, 6.07) is 21.2. The van der Waals surface area contributed by atoms with Crippen LogP contribution < -0.4 is 0 Å². The van der Waals surface area contributed by atoms with Crippen molar-refractivity contribution in [2.45, 2.75) is 73.8 Å². The number of hydrogen-bond acceptors (Lipinski definition) is 3. The van der Waals surface area contributed by atoms with Gasteiger partial charge in [-0.3, -0.25) is 4.79 Å². The Labute approximate surface area is 247 Å². The van der Waals surface area contributed by atoms with Gasteiger partial charge in [0.1, 0.15) is 0 Å². The first-order valence-corrected chi connectivity index (χ1v) is 16.3. The second-order valence-electron chi connectivity index (χ2n) is 8.49. The summed E-state index contributed by atoms with van der Waals surface area (Å²) in [5.41, 5.74) is 5.06. The number of hydrogen-bond donors (Lipinski definition) is 0. The van der Waals surface area contributed by atoms with Crippen LogP contribution in [-0.4, -0.2) is 27.4 Å². The molecule has 5 heteroatoms. The number of aliphatic imine (C=N–C) groups is 1. The SMILES string of the molecule is C/C=C\C=C(/C)C(C)=O.CC.CCC/C(C=O)=C(\CC)N=[C]([Hg])N(C)C(c1ccccc1)c1ccccc1. The molecular formula is C33H45HgN2O2. The summed E-state index contributed by atoms with van der Waals surface area (Å²) in [6.07, 6.45) is 9.08. The van der Waals surface area contributed by atoms with E-state index in [4.69, 9.17) is 4.99 Å². The molecule has 0 saturated heterocycles. The predicted octanol–water partition coefficient (Wildman–Crippen LogP) is 8.40. The van der Waals surface area contributed by atoms with E-state index in [1.807, 2.05) is 58.1 Å². The van der Waals surface area contributed by atoms with E-state index in [0.717, 1.165) is 45.7 Å². The van der Waals surface area contributed by atoms with Crippen LogP contribution in [0.15, 0.2) is 101 Å². The van der Waals surface area contributed by atoms with Crippen molar-refractivity contribution in [2.24, 2.45) is 4.99 Å². The fourth-order valence-corrected chi connectivity index (χ4v) is 5.02. The van der Waals surface area contributed by atoms with E-state index in [1.165, 1.54) is 11.1 Å². The summed E-state index contributed by atoms with van der Waals surface area (Å²) in [6.45, 7) is 13.5. The third-order valence-corrected chi connectivity index (χ3v) is 8.30. The van der Waals surface area contributed by atoms with Crippen LogP contribution in [0.4, 0.5) is 0 Å². The number of amidine groups is 1. The standard InChI is InChI=1S/C23H27N2O.C8H12O.C2H6.Hg/c1-4-12-21(17-26)22(5-2)24-18-25(3)23(19-13-8-6-9-14-19)20-15-10-7-11-16-20;1-4-5-6-7(2)8(3)9;1-2;/h6-11,13-17,23H,4-5,12H2,1-3H3;4-6H,1-3H3;1-2H3;/b22-21-,24-18?;5-4-,7-6+;;. The molecule has 0 aromatic heterocycles. The third kappa shape index (κ3) is 12.8. The Morgan fingerprint density at radius 2 is 1.47 bits per heavy atom. The zero-order chi connectivity index (χ0) is 28.9. The summed E-state index contributed by atoms with van der Waals surface area (Å²) >= 11 is 0.319. The molecule has 0 aliphatic heterocycles. The van der Waals surface area contributed by atoms with Crippen molar-refractivity contribution in [3.05, 3.63) is 107 Å².